The standard InChI is InChI=1S/C12H12N4O/c1-6-10-4-9(5-13-12(10)15-14-6)11-7(2)16-17-8(11)3/h4-5H,1-3H3,(H,13,14,15). The molecule has 1 N–H and O–H groups in total. The summed E-state index contributed by atoms with van der Waals surface area (Å²) in [6.45, 7) is 5.81. The van der Waals surface area contributed by atoms with Gasteiger partial charge in [-0.2, -0.15) is 5.10 Å². The number of aromatic amines is 1. The second-order valence-electron chi connectivity index (χ2n) is 4.14. The van der Waals surface area contributed by atoms with Crippen LogP contribution in [0.1, 0.15) is 17.1 Å². The maximum Gasteiger partial charge on any atom is 0.181 e. The Morgan fingerprint density at radius 1 is 1.24 bits per heavy atom. The number of rotatable bonds is 1. The smallest absolute Gasteiger partial charge is 0.181 e. The Bertz CT molecular complexity index is 676. The average molecular weight is 228 g/mol. The maximum absolute atomic E-state index is 5.17. The summed E-state index contributed by atoms with van der Waals surface area (Å²) >= 11 is 0. The molecule has 5 heteroatoms. The molecule has 0 saturated carbocycles. The number of H-pyrrole nitrogens is 1. The van der Waals surface area contributed by atoms with Gasteiger partial charge in [0.1, 0.15) is 5.76 Å². The van der Waals surface area contributed by atoms with Gasteiger partial charge in [-0.05, 0) is 26.8 Å². The lowest BCUT2D eigenvalue weighted by Gasteiger charge is -1.99. The Balaban J connectivity index is 2.27. The number of nitrogens with zero attached hydrogens (tertiary/aromatic N) is 3. The topological polar surface area (TPSA) is 67.6 Å². The Labute approximate surface area is 97.8 Å². The van der Waals surface area contributed by atoms with E-state index in [-0.39, 0.29) is 0 Å². The van der Waals surface area contributed by atoms with Crippen LogP contribution in [-0.4, -0.2) is 20.3 Å². The van der Waals surface area contributed by atoms with Crippen molar-refractivity contribution < 1.29 is 4.52 Å². The van der Waals surface area contributed by atoms with Gasteiger partial charge in [0, 0.05) is 28.4 Å². The molecule has 3 rings (SSSR count). The van der Waals surface area contributed by atoms with Crippen LogP contribution in [0.2, 0.25) is 0 Å². The van der Waals surface area contributed by atoms with E-state index in [0.29, 0.717) is 0 Å². The third-order valence-electron chi connectivity index (χ3n) is 2.92. The molecule has 3 heterocycles. The normalized spacial score (nSPS) is 11.2. The third kappa shape index (κ3) is 1.43. The molecule has 0 aromatic carbocycles. The van der Waals surface area contributed by atoms with Crippen LogP contribution < -0.4 is 0 Å². The van der Waals surface area contributed by atoms with Gasteiger partial charge in [0.15, 0.2) is 5.65 Å². The Morgan fingerprint density at radius 3 is 2.76 bits per heavy atom. The molecule has 0 amide bonds. The fraction of sp³-hybridized carbons (Fsp3) is 0.250. The predicted octanol–water partition coefficient (Wildman–Crippen LogP) is 2.54. The number of aryl methyl sites for hydroxylation is 3. The minimum absolute atomic E-state index is 0.734. The van der Waals surface area contributed by atoms with Crippen LogP contribution in [0.5, 0.6) is 0 Å². The second kappa shape index (κ2) is 3.41. The summed E-state index contributed by atoms with van der Waals surface area (Å²) in [6, 6.07) is 2.06. The molecule has 3 aromatic heterocycles. The first-order valence-corrected chi connectivity index (χ1v) is 5.41. The number of pyridine rings is 1. The van der Waals surface area contributed by atoms with Crippen LogP contribution >= 0.6 is 0 Å². The van der Waals surface area contributed by atoms with Crippen molar-refractivity contribution in [2.75, 3.05) is 0 Å². The number of nitrogens with one attached hydrogen (secondary N) is 1. The van der Waals surface area contributed by atoms with Crippen molar-refractivity contribution in [1.82, 2.24) is 20.3 Å². The van der Waals surface area contributed by atoms with Crippen molar-refractivity contribution >= 4 is 11.0 Å². The molecule has 0 aliphatic rings. The molecule has 0 saturated heterocycles. The summed E-state index contributed by atoms with van der Waals surface area (Å²) in [7, 11) is 0. The first-order valence-electron chi connectivity index (χ1n) is 5.41. The Hall–Kier alpha value is -2.17. The first-order chi connectivity index (χ1) is 8.16. The highest BCUT2D eigenvalue weighted by atomic mass is 16.5. The number of hydrogen-bond donors (Lipinski definition) is 1. The highest BCUT2D eigenvalue weighted by Gasteiger charge is 2.13. The molecule has 3 aromatic rings. The predicted molar refractivity (Wildman–Crippen MR) is 63.6 cm³/mol. The second-order valence-corrected chi connectivity index (χ2v) is 4.14. The van der Waals surface area contributed by atoms with Crippen molar-refractivity contribution in [1.29, 1.82) is 0 Å². The summed E-state index contributed by atoms with van der Waals surface area (Å²) in [6.07, 6.45) is 1.80. The van der Waals surface area contributed by atoms with Gasteiger partial charge in [0.25, 0.3) is 0 Å². The van der Waals surface area contributed by atoms with Crippen molar-refractivity contribution in [2.45, 2.75) is 20.8 Å². The van der Waals surface area contributed by atoms with E-state index >= 15 is 0 Å². The molecule has 0 radical (unpaired) electrons. The summed E-state index contributed by atoms with van der Waals surface area (Å²) in [4.78, 5) is 4.33. The van der Waals surface area contributed by atoms with Gasteiger partial charge >= 0.3 is 0 Å². The van der Waals surface area contributed by atoms with Gasteiger partial charge < -0.3 is 4.52 Å². The zero-order valence-corrected chi connectivity index (χ0v) is 9.90. The van der Waals surface area contributed by atoms with Gasteiger partial charge in [-0.3, -0.25) is 5.10 Å². The molecule has 86 valence electrons. The fourth-order valence-electron chi connectivity index (χ4n) is 2.05. The Kier molecular flexibility index (Phi) is 2.01. The van der Waals surface area contributed by atoms with Crippen LogP contribution in [-0.2, 0) is 0 Å². The number of fused-ring (bicyclic) bond motifs is 1. The number of hydrogen-bond acceptors (Lipinski definition) is 4. The van der Waals surface area contributed by atoms with Gasteiger partial charge in [-0.1, -0.05) is 5.16 Å². The van der Waals surface area contributed by atoms with Gasteiger partial charge in [0.2, 0.25) is 0 Å². The van der Waals surface area contributed by atoms with Crippen molar-refractivity contribution in [3.8, 4) is 11.1 Å². The molecule has 0 fully saturated rings. The van der Waals surface area contributed by atoms with Crippen LogP contribution in [0.4, 0.5) is 0 Å². The highest BCUT2D eigenvalue weighted by Crippen LogP contribution is 2.28. The van der Waals surface area contributed by atoms with Gasteiger partial charge in [-0.25, -0.2) is 4.98 Å². The lowest BCUT2D eigenvalue weighted by Crippen LogP contribution is -1.85. The minimum Gasteiger partial charge on any atom is -0.361 e. The molecular formula is C12H12N4O. The molecule has 0 bridgehead atoms. The lowest BCUT2D eigenvalue weighted by molar-refractivity contribution is 0.393. The third-order valence-corrected chi connectivity index (χ3v) is 2.92. The van der Waals surface area contributed by atoms with Gasteiger partial charge in [0.05, 0.1) is 5.69 Å². The van der Waals surface area contributed by atoms with E-state index in [0.717, 1.165) is 39.3 Å². The Morgan fingerprint density at radius 2 is 2.06 bits per heavy atom. The zero-order valence-electron chi connectivity index (χ0n) is 9.90. The van der Waals surface area contributed by atoms with E-state index < -0.39 is 0 Å². The van der Waals surface area contributed by atoms with Crippen LogP contribution in [0.25, 0.3) is 22.2 Å². The quantitative estimate of drug-likeness (QED) is 0.695. The van der Waals surface area contributed by atoms with Crippen molar-refractivity contribution in [3.63, 3.8) is 0 Å². The van der Waals surface area contributed by atoms with Gasteiger partial charge in [-0.15, -0.1) is 0 Å². The molecule has 0 spiro atoms. The van der Waals surface area contributed by atoms with E-state index in [4.69, 9.17) is 4.52 Å². The largest absolute Gasteiger partial charge is 0.361 e. The van der Waals surface area contributed by atoms with Crippen LogP contribution in [0, 0.1) is 20.8 Å². The summed E-state index contributed by atoms with van der Waals surface area (Å²) in [5.41, 5.74) is 4.65. The fourth-order valence-corrected chi connectivity index (χ4v) is 2.05. The molecular weight excluding hydrogens is 216 g/mol. The monoisotopic (exact) mass is 228 g/mol. The molecule has 0 aliphatic heterocycles. The van der Waals surface area contributed by atoms with Crippen molar-refractivity contribution in [2.24, 2.45) is 0 Å². The SMILES string of the molecule is Cc1noc(C)c1-c1cnc2n[nH]c(C)c2c1. The van der Waals surface area contributed by atoms with E-state index in [9.17, 15) is 0 Å². The summed E-state index contributed by atoms with van der Waals surface area (Å²) in [5, 5.41) is 12.0. The summed E-state index contributed by atoms with van der Waals surface area (Å²) < 4.78 is 5.17. The van der Waals surface area contributed by atoms with E-state index in [1.807, 2.05) is 20.8 Å². The average Bonchev–Trinajstić information content (AvgIpc) is 2.84. The van der Waals surface area contributed by atoms with E-state index in [1.165, 1.54) is 0 Å². The first kappa shape index (κ1) is 10.0. The maximum atomic E-state index is 5.17. The van der Waals surface area contributed by atoms with Crippen LogP contribution in [0.15, 0.2) is 16.8 Å². The number of aromatic nitrogens is 4. The molecule has 0 unspecified atom stereocenters. The van der Waals surface area contributed by atoms with E-state index in [2.05, 4.69) is 26.4 Å². The minimum atomic E-state index is 0.734. The van der Waals surface area contributed by atoms with Crippen LogP contribution in [0.3, 0.4) is 0 Å². The molecule has 17 heavy (non-hydrogen) atoms. The van der Waals surface area contributed by atoms with E-state index in [1.54, 1.807) is 6.20 Å². The molecule has 5 nitrogen and oxygen atoms in total. The zero-order chi connectivity index (χ0) is 12.0. The summed E-state index contributed by atoms with van der Waals surface area (Å²) in [5.74, 6) is 0.810. The highest BCUT2D eigenvalue weighted by molar-refractivity contribution is 5.83. The lowest BCUT2D eigenvalue weighted by atomic mass is 10.1. The molecule has 0 aliphatic carbocycles. The van der Waals surface area contributed by atoms with Crippen molar-refractivity contribution in [3.05, 3.63) is 29.4 Å². The molecule has 0 atom stereocenters.